The van der Waals surface area contributed by atoms with Crippen molar-refractivity contribution in [2.45, 2.75) is 71.2 Å². The first-order valence-corrected chi connectivity index (χ1v) is 7.98. The van der Waals surface area contributed by atoms with Crippen molar-refractivity contribution in [3.63, 3.8) is 0 Å². The normalized spacial score (nSPS) is 25.6. The van der Waals surface area contributed by atoms with Crippen molar-refractivity contribution in [2.75, 3.05) is 5.32 Å². The predicted molar refractivity (Wildman–Crippen MR) is 88.3 cm³/mol. The molecule has 0 aromatic heterocycles. The standard InChI is InChI=1S/C18H27NO3/c1-12-10-15(11-13(2)21-12)14-6-8-16(9-7-14)19-17(20)22-18(3,4)5/h6-9,12-13,15H,10-11H2,1-5H3,(H,19,20). The first-order valence-electron chi connectivity index (χ1n) is 7.98. The fourth-order valence-corrected chi connectivity index (χ4v) is 2.94. The third-order valence-corrected chi connectivity index (χ3v) is 3.72. The summed E-state index contributed by atoms with van der Waals surface area (Å²) in [5, 5.41) is 2.76. The summed E-state index contributed by atoms with van der Waals surface area (Å²) in [5.41, 5.74) is 1.57. The Labute approximate surface area is 133 Å². The van der Waals surface area contributed by atoms with Gasteiger partial charge in [0.2, 0.25) is 0 Å². The Kier molecular flexibility index (Phi) is 5.12. The zero-order valence-electron chi connectivity index (χ0n) is 14.2. The molecule has 1 aliphatic heterocycles. The van der Waals surface area contributed by atoms with Gasteiger partial charge in [-0.15, -0.1) is 0 Å². The van der Waals surface area contributed by atoms with Gasteiger partial charge >= 0.3 is 6.09 Å². The van der Waals surface area contributed by atoms with Crippen LogP contribution in [-0.2, 0) is 9.47 Å². The molecule has 4 heteroatoms. The van der Waals surface area contributed by atoms with E-state index in [1.54, 1.807) is 0 Å². The molecule has 0 aliphatic carbocycles. The van der Waals surface area contributed by atoms with E-state index in [1.165, 1.54) is 5.56 Å². The zero-order chi connectivity index (χ0) is 16.3. The van der Waals surface area contributed by atoms with Crippen molar-refractivity contribution in [2.24, 2.45) is 0 Å². The van der Waals surface area contributed by atoms with Gasteiger partial charge in [-0.05, 0) is 71.1 Å². The number of carbonyl (C=O) groups excluding carboxylic acids is 1. The maximum atomic E-state index is 11.8. The summed E-state index contributed by atoms with van der Waals surface area (Å²) < 4.78 is 11.0. The Bertz CT molecular complexity index is 494. The highest BCUT2D eigenvalue weighted by molar-refractivity contribution is 5.84. The van der Waals surface area contributed by atoms with Gasteiger partial charge in [0.1, 0.15) is 5.60 Å². The van der Waals surface area contributed by atoms with E-state index >= 15 is 0 Å². The molecule has 1 fully saturated rings. The maximum Gasteiger partial charge on any atom is 0.412 e. The minimum absolute atomic E-state index is 0.299. The lowest BCUT2D eigenvalue weighted by Gasteiger charge is -2.32. The molecule has 22 heavy (non-hydrogen) atoms. The van der Waals surface area contributed by atoms with E-state index in [2.05, 4.69) is 31.3 Å². The van der Waals surface area contributed by atoms with Crippen LogP contribution < -0.4 is 5.32 Å². The molecule has 0 radical (unpaired) electrons. The van der Waals surface area contributed by atoms with Crippen LogP contribution >= 0.6 is 0 Å². The summed E-state index contributed by atoms with van der Waals surface area (Å²) in [6.07, 6.45) is 2.27. The SMILES string of the molecule is CC1CC(c2ccc(NC(=O)OC(C)(C)C)cc2)CC(C)O1. The number of benzene rings is 1. The molecule has 1 aliphatic rings. The summed E-state index contributed by atoms with van der Waals surface area (Å²) in [5.74, 6) is 0.523. The molecule has 2 atom stereocenters. The molecule has 122 valence electrons. The molecule has 1 saturated heterocycles. The van der Waals surface area contributed by atoms with Crippen LogP contribution in [0.15, 0.2) is 24.3 Å². The largest absolute Gasteiger partial charge is 0.444 e. The monoisotopic (exact) mass is 305 g/mol. The number of rotatable bonds is 2. The Morgan fingerprint density at radius 1 is 1.14 bits per heavy atom. The molecule has 1 amide bonds. The van der Waals surface area contributed by atoms with Crippen LogP contribution in [0.2, 0.25) is 0 Å². The highest BCUT2D eigenvalue weighted by atomic mass is 16.6. The van der Waals surface area contributed by atoms with Gasteiger partial charge in [-0.3, -0.25) is 5.32 Å². The van der Waals surface area contributed by atoms with Gasteiger partial charge in [-0.2, -0.15) is 0 Å². The second kappa shape index (κ2) is 6.69. The second-order valence-corrected chi connectivity index (χ2v) is 7.17. The summed E-state index contributed by atoms with van der Waals surface area (Å²) in [6.45, 7) is 9.80. The van der Waals surface area contributed by atoms with Gasteiger partial charge in [0.05, 0.1) is 12.2 Å². The fourth-order valence-electron chi connectivity index (χ4n) is 2.94. The molecule has 2 rings (SSSR count). The van der Waals surface area contributed by atoms with Crippen molar-refractivity contribution < 1.29 is 14.3 Å². The average Bonchev–Trinajstić information content (AvgIpc) is 2.36. The molecule has 1 N–H and O–H groups in total. The van der Waals surface area contributed by atoms with Gasteiger partial charge in [0, 0.05) is 5.69 Å². The lowest BCUT2D eigenvalue weighted by Crippen LogP contribution is -2.28. The third kappa shape index (κ3) is 5.02. The van der Waals surface area contributed by atoms with Gasteiger partial charge in [0.25, 0.3) is 0 Å². The Morgan fingerprint density at radius 3 is 2.18 bits per heavy atom. The van der Waals surface area contributed by atoms with Crippen LogP contribution in [0.5, 0.6) is 0 Å². The maximum absolute atomic E-state index is 11.8. The number of carbonyl (C=O) groups is 1. The minimum Gasteiger partial charge on any atom is -0.444 e. The Balaban J connectivity index is 1.97. The number of nitrogens with one attached hydrogen (secondary N) is 1. The Hall–Kier alpha value is -1.55. The molecule has 4 nitrogen and oxygen atoms in total. The second-order valence-electron chi connectivity index (χ2n) is 7.17. The average molecular weight is 305 g/mol. The highest BCUT2D eigenvalue weighted by Crippen LogP contribution is 2.33. The van der Waals surface area contributed by atoms with Crippen LogP contribution in [0.1, 0.15) is 58.9 Å². The number of hydrogen-bond donors (Lipinski definition) is 1. The van der Waals surface area contributed by atoms with E-state index in [-0.39, 0.29) is 0 Å². The van der Waals surface area contributed by atoms with Crippen molar-refractivity contribution in [1.82, 2.24) is 0 Å². The third-order valence-electron chi connectivity index (χ3n) is 3.72. The van der Waals surface area contributed by atoms with E-state index in [0.717, 1.165) is 18.5 Å². The summed E-state index contributed by atoms with van der Waals surface area (Å²) in [6, 6.07) is 8.04. The van der Waals surface area contributed by atoms with Crippen molar-refractivity contribution >= 4 is 11.8 Å². The number of amides is 1. The first-order chi connectivity index (χ1) is 10.2. The van der Waals surface area contributed by atoms with E-state index in [4.69, 9.17) is 9.47 Å². The molecule has 2 unspecified atom stereocenters. The lowest BCUT2D eigenvalue weighted by atomic mass is 9.86. The smallest absolute Gasteiger partial charge is 0.412 e. The van der Waals surface area contributed by atoms with Gasteiger partial charge in [0.15, 0.2) is 0 Å². The van der Waals surface area contributed by atoms with E-state index in [1.807, 2.05) is 32.9 Å². The molecule has 0 bridgehead atoms. The van der Waals surface area contributed by atoms with E-state index in [9.17, 15) is 4.79 Å². The topological polar surface area (TPSA) is 47.6 Å². The summed E-state index contributed by atoms with van der Waals surface area (Å²) >= 11 is 0. The van der Waals surface area contributed by atoms with E-state index < -0.39 is 11.7 Å². The summed E-state index contributed by atoms with van der Waals surface area (Å²) in [4.78, 5) is 11.8. The molecule has 0 saturated carbocycles. The van der Waals surface area contributed by atoms with Crippen LogP contribution in [0.25, 0.3) is 0 Å². The minimum atomic E-state index is -0.488. The lowest BCUT2D eigenvalue weighted by molar-refractivity contribution is -0.0380. The molecular formula is C18H27NO3. The van der Waals surface area contributed by atoms with E-state index in [0.29, 0.717) is 18.1 Å². The number of ether oxygens (including phenoxy) is 2. The van der Waals surface area contributed by atoms with Crippen molar-refractivity contribution in [3.8, 4) is 0 Å². The first kappa shape index (κ1) is 16.8. The summed E-state index contributed by atoms with van der Waals surface area (Å²) in [7, 11) is 0. The van der Waals surface area contributed by atoms with Crippen LogP contribution in [-0.4, -0.2) is 23.9 Å². The Morgan fingerprint density at radius 2 is 1.68 bits per heavy atom. The van der Waals surface area contributed by atoms with Crippen molar-refractivity contribution in [3.05, 3.63) is 29.8 Å². The molecule has 0 spiro atoms. The van der Waals surface area contributed by atoms with Crippen LogP contribution in [0, 0.1) is 0 Å². The quantitative estimate of drug-likeness (QED) is 0.861. The number of anilines is 1. The van der Waals surface area contributed by atoms with Crippen LogP contribution in [0.4, 0.5) is 10.5 Å². The molecule has 1 aromatic carbocycles. The van der Waals surface area contributed by atoms with Gasteiger partial charge < -0.3 is 9.47 Å². The molecular weight excluding hydrogens is 278 g/mol. The van der Waals surface area contributed by atoms with Gasteiger partial charge in [-0.1, -0.05) is 12.1 Å². The predicted octanol–water partition coefficient (Wildman–Crippen LogP) is 4.70. The molecule has 1 heterocycles. The van der Waals surface area contributed by atoms with Gasteiger partial charge in [-0.25, -0.2) is 4.79 Å². The zero-order valence-corrected chi connectivity index (χ0v) is 14.2. The fraction of sp³-hybridized carbons (Fsp3) is 0.611. The van der Waals surface area contributed by atoms with Crippen molar-refractivity contribution in [1.29, 1.82) is 0 Å². The highest BCUT2D eigenvalue weighted by Gasteiger charge is 2.25. The van der Waals surface area contributed by atoms with Crippen LogP contribution in [0.3, 0.4) is 0 Å². The number of hydrogen-bond acceptors (Lipinski definition) is 3. The molecule has 1 aromatic rings.